The number of hydrogen-bond donors (Lipinski definition) is 1. The summed E-state index contributed by atoms with van der Waals surface area (Å²) in [5, 5.41) is 13.7. The van der Waals surface area contributed by atoms with Gasteiger partial charge in [0, 0.05) is 12.7 Å². The van der Waals surface area contributed by atoms with Crippen molar-refractivity contribution in [2.24, 2.45) is 0 Å². The molecule has 0 aliphatic heterocycles. The molecule has 100 valence electrons. The van der Waals surface area contributed by atoms with Crippen LogP contribution in [0.3, 0.4) is 0 Å². The Hall–Kier alpha value is -2.13. The van der Waals surface area contributed by atoms with Gasteiger partial charge in [0.2, 0.25) is 5.76 Å². The van der Waals surface area contributed by atoms with Crippen LogP contribution in [0.2, 0.25) is 0 Å². The van der Waals surface area contributed by atoms with E-state index in [4.69, 9.17) is 10.4 Å². The first-order valence-corrected chi connectivity index (χ1v) is 5.40. The summed E-state index contributed by atoms with van der Waals surface area (Å²) in [6, 6.07) is 9.28. The van der Waals surface area contributed by atoms with Gasteiger partial charge in [-0.3, -0.25) is 4.79 Å². The van der Waals surface area contributed by atoms with Crippen molar-refractivity contribution in [2.75, 3.05) is 11.9 Å². The second-order valence-corrected chi connectivity index (χ2v) is 4.01. The van der Waals surface area contributed by atoms with Crippen LogP contribution in [0.1, 0.15) is 0 Å². The fraction of sp³-hybridized carbons (Fsp3) is 0.167. The lowest BCUT2D eigenvalue weighted by atomic mass is 10.2. The number of hydrogen-bond acceptors (Lipinski definition) is 3. The Morgan fingerprint density at radius 3 is 2.37 bits per heavy atom. The molecule has 0 aliphatic carbocycles. The van der Waals surface area contributed by atoms with Gasteiger partial charge in [0.15, 0.2) is 5.57 Å². The third-order valence-electron chi connectivity index (χ3n) is 2.28. The molecule has 19 heavy (non-hydrogen) atoms. The summed E-state index contributed by atoms with van der Waals surface area (Å²) in [7, 11) is 1.29. The van der Waals surface area contributed by atoms with E-state index in [0.717, 1.165) is 4.90 Å². The molecule has 0 spiro atoms. The van der Waals surface area contributed by atoms with Crippen molar-refractivity contribution in [3.05, 3.63) is 41.7 Å². The molecule has 0 bridgehead atoms. The topological polar surface area (TPSA) is 64.3 Å². The Bertz CT molecular complexity index is 547. The Balaban J connectivity index is 3.16. The number of halogens is 3. The Morgan fingerprint density at radius 1 is 1.42 bits per heavy atom. The number of nitrogens with zero attached hydrogens (tertiary/aromatic N) is 2. The number of para-hydroxylation sites is 1. The number of aliphatic hydroxyl groups is 1. The predicted octanol–water partition coefficient (Wildman–Crippen LogP) is 2.82. The Kier molecular flexibility index (Phi) is 4.46. The summed E-state index contributed by atoms with van der Waals surface area (Å²) >= 11 is 4.59. The third kappa shape index (κ3) is 3.42. The van der Waals surface area contributed by atoms with Gasteiger partial charge in [-0.25, -0.2) is 0 Å². The van der Waals surface area contributed by atoms with E-state index in [1.54, 1.807) is 30.3 Å². The lowest BCUT2D eigenvalue weighted by molar-refractivity contribution is -0.114. The monoisotopic (exact) mass is 286 g/mol. The quantitative estimate of drug-likeness (QED) is 0.402. The molecule has 0 saturated carbocycles. The Labute approximate surface area is 113 Å². The molecule has 1 N–H and O–H groups in total. The van der Waals surface area contributed by atoms with Crippen LogP contribution in [0.4, 0.5) is 14.5 Å². The van der Waals surface area contributed by atoms with E-state index in [1.807, 2.05) is 0 Å². The van der Waals surface area contributed by atoms with Gasteiger partial charge in [-0.15, -0.1) is 0 Å². The van der Waals surface area contributed by atoms with Crippen LogP contribution >= 0.6 is 11.6 Å². The average Bonchev–Trinajstić information content (AvgIpc) is 2.38. The van der Waals surface area contributed by atoms with Gasteiger partial charge >= 0.3 is 5.38 Å². The molecule has 1 rings (SSSR count). The number of benzene rings is 1. The molecule has 7 heteroatoms. The molecule has 0 saturated heterocycles. The molecule has 0 fully saturated rings. The van der Waals surface area contributed by atoms with Crippen molar-refractivity contribution in [1.82, 2.24) is 0 Å². The largest absolute Gasteiger partial charge is 0.504 e. The van der Waals surface area contributed by atoms with Crippen molar-refractivity contribution in [3.63, 3.8) is 0 Å². The van der Waals surface area contributed by atoms with Gasteiger partial charge in [0.1, 0.15) is 6.07 Å². The molecule has 0 radical (unpaired) electrons. The minimum Gasteiger partial charge on any atom is -0.504 e. The van der Waals surface area contributed by atoms with Crippen molar-refractivity contribution in [2.45, 2.75) is 5.38 Å². The number of aliphatic hydroxyl groups excluding tert-OH is 1. The standard InChI is InChI=1S/C12H9ClF2N2O2/c1-17(8-5-3-2-4-6-8)11(19)9(7-16)10(18)12(13,14)15/h2-6,18H,1H3/b10-9-. The zero-order valence-corrected chi connectivity index (χ0v) is 10.5. The van der Waals surface area contributed by atoms with E-state index < -0.39 is 22.6 Å². The second kappa shape index (κ2) is 5.67. The second-order valence-electron chi connectivity index (χ2n) is 3.53. The van der Waals surface area contributed by atoms with Crippen LogP contribution < -0.4 is 4.90 Å². The van der Waals surface area contributed by atoms with Gasteiger partial charge in [0.05, 0.1) is 0 Å². The summed E-state index contributed by atoms with van der Waals surface area (Å²) in [6.45, 7) is 0. The highest BCUT2D eigenvalue weighted by atomic mass is 35.5. The maximum absolute atomic E-state index is 12.7. The number of anilines is 1. The van der Waals surface area contributed by atoms with Gasteiger partial charge in [-0.05, 0) is 23.7 Å². The SMILES string of the molecule is CN(C(=O)/C(C#N)=C(\O)C(F)(F)Cl)c1ccccc1. The number of rotatable bonds is 3. The van der Waals surface area contributed by atoms with Crippen LogP contribution in [-0.4, -0.2) is 23.4 Å². The summed E-state index contributed by atoms with van der Waals surface area (Å²) in [4.78, 5) is 12.8. The summed E-state index contributed by atoms with van der Waals surface area (Å²) in [5.74, 6) is -2.84. The maximum Gasteiger partial charge on any atom is 0.380 e. The van der Waals surface area contributed by atoms with Gasteiger partial charge in [0.25, 0.3) is 5.91 Å². The van der Waals surface area contributed by atoms with Crippen molar-refractivity contribution >= 4 is 23.2 Å². The molecular weight excluding hydrogens is 278 g/mol. The first-order chi connectivity index (χ1) is 8.79. The van der Waals surface area contributed by atoms with Gasteiger partial charge in [-0.2, -0.15) is 14.0 Å². The van der Waals surface area contributed by atoms with Crippen LogP contribution in [0, 0.1) is 11.3 Å². The number of allylic oxidation sites excluding steroid dienone is 1. The highest BCUT2D eigenvalue weighted by Crippen LogP contribution is 2.29. The minimum absolute atomic E-state index is 0.380. The number of nitriles is 1. The van der Waals surface area contributed by atoms with E-state index in [0.29, 0.717) is 5.69 Å². The molecule has 1 aromatic rings. The van der Waals surface area contributed by atoms with Crippen molar-refractivity contribution < 1.29 is 18.7 Å². The number of amides is 1. The number of carbonyl (C=O) groups is 1. The van der Waals surface area contributed by atoms with Gasteiger partial charge < -0.3 is 10.0 Å². The van der Waals surface area contributed by atoms with E-state index in [-0.39, 0.29) is 0 Å². The molecule has 4 nitrogen and oxygen atoms in total. The minimum atomic E-state index is -4.17. The van der Waals surface area contributed by atoms with Crippen molar-refractivity contribution in [1.29, 1.82) is 5.26 Å². The smallest absolute Gasteiger partial charge is 0.380 e. The van der Waals surface area contributed by atoms with E-state index in [1.165, 1.54) is 13.1 Å². The molecule has 1 aromatic carbocycles. The lowest BCUT2D eigenvalue weighted by Crippen LogP contribution is -2.30. The summed E-state index contributed by atoms with van der Waals surface area (Å²) in [5.41, 5.74) is -0.725. The average molecular weight is 287 g/mol. The molecule has 0 unspecified atom stereocenters. The third-order valence-corrected chi connectivity index (χ3v) is 2.46. The van der Waals surface area contributed by atoms with Crippen LogP contribution in [-0.2, 0) is 4.79 Å². The highest BCUT2D eigenvalue weighted by Gasteiger charge is 2.37. The number of likely N-dealkylation sites (N-methyl/N-ethyl adjacent to an activating group) is 1. The molecule has 1 amide bonds. The molecule has 0 atom stereocenters. The first kappa shape index (κ1) is 14.9. The van der Waals surface area contributed by atoms with E-state index in [9.17, 15) is 13.6 Å². The van der Waals surface area contributed by atoms with Crippen molar-refractivity contribution in [3.8, 4) is 6.07 Å². The number of carbonyl (C=O) groups excluding carboxylic acids is 1. The number of alkyl halides is 3. The lowest BCUT2D eigenvalue weighted by Gasteiger charge is -2.17. The first-order valence-electron chi connectivity index (χ1n) is 5.02. The summed E-state index contributed by atoms with van der Waals surface area (Å²) in [6.07, 6.45) is 0. The van der Waals surface area contributed by atoms with Gasteiger partial charge in [-0.1, -0.05) is 18.2 Å². The van der Waals surface area contributed by atoms with E-state index in [2.05, 4.69) is 11.6 Å². The molecular formula is C12H9ClF2N2O2. The molecule has 0 aliphatic rings. The zero-order chi connectivity index (χ0) is 14.6. The zero-order valence-electron chi connectivity index (χ0n) is 9.77. The predicted molar refractivity (Wildman–Crippen MR) is 65.9 cm³/mol. The van der Waals surface area contributed by atoms with Crippen LogP contribution in [0.5, 0.6) is 0 Å². The normalized spacial score (nSPS) is 12.4. The highest BCUT2D eigenvalue weighted by molar-refractivity contribution is 6.24. The summed E-state index contributed by atoms with van der Waals surface area (Å²) < 4.78 is 25.4. The fourth-order valence-electron chi connectivity index (χ4n) is 1.28. The fourth-order valence-corrected chi connectivity index (χ4v) is 1.37. The Morgan fingerprint density at radius 2 is 1.95 bits per heavy atom. The van der Waals surface area contributed by atoms with E-state index >= 15 is 0 Å². The maximum atomic E-state index is 12.7. The molecule has 0 aromatic heterocycles. The molecule has 0 heterocycles. The van der Waals surface area contributed by atoms with Crippen LogP contribution in [0.25, 0.3) is 0 Å². The van der Waals surface area contributed by atoms with Crippen LogP contribution in [0.15, 0.2) is 41.7 Å².